The molecule has 0 aliphatic rings. The van der Waals surface area contributed by atoms with Crippen LogP contribution < -0.4 is 0 Å². The van der Waals surface area contributed by atoms with Crippen LogP contribution in [0.25, 0.3) is 97.7 Å². The zero-order valence-electron chi connectivity index (χ0n) is 24.8. The second kappa shape index (κ2) is 9.90. The van der Waals surface area contributed by atoms with Crippen LogP contribution in [0, 0.1) is 0 Å². The van der Waals surface area contributed by atoms with Crippen LogP contribution in [0.15, 0.2) is 161 Å². The fraction of sp³-hybridized carbons (Fsp3) is 0. The summed E-state index contributed by atoms with van der Waals surface area (Å²) in [7, 11) is 0. The standard InChI is InChI=1S/C44H26OS/c1-2-12-28(13-3-1)39-26-46-44-37(39)24-23-36-35-19-10-20-38(42(35)45-43(36)44)41-33-17-8-6-15-31(33)40(32-16-7-9-18-34(32)41)30-22-21-27-11-4-5-14-29(27)25-30/h1-26H. The highest BCUT2D eigenvalue weighted by Crippen LogP contribution is 2.48. The molecule has 10 aromatic rings. The number of furan rings is 1. The van der Waals surface area contributed by atoms with Crippen LogP contribution in [-0.2, 0) is 0 Å². The van der Waals surface area contributed by atoms with E-state index in [9.17, 15) is 0 Å². The average Bonchev–Trinajstić information content (AvgIpc) is 3.73. The van der Waals surface area contributed by atoms with Crippen LogP contribution >= 0.6 is 11.3 Å². The number of hydrogen-bond acceptors (Lipinski definition) is 2. The molecule has 0 saturated heterocycles. The van der Waals surface area contributed by atoms with Crippen LogP contribution in [0.1, 0.15) is 0 Å². The summed E-state index contributed by atoms with van der Waals surface area (Å²) in [6.07, 6.45) is 0. The van der Waals surface area contributed by atoms with Crippen molar-refractivity contribution < 1.29 is 4.42 Å². The Morgan fingerprint density at radius 2 is 0.978 bits per heavy atom. The first kappa shape index (κ1) is 25.6. The first-order valence-electron chi connectivity index (χ1n) is 15.7. The highest BCUT2D eigenvalue weighted by Gasteiger charge is 2.21. The van der Waals surface area contributed by atoms with Gasteiger partial charge in [-0.15, -0.1) is 11.3 Å². The topological polar surface area (TPSA) is 13.1 Å². The van der Waals surface area contributed by atoms with E-state index in [4.69, 9.17) is 4.42 Å². The molecule has 0 aliphatic carbocycles. The third kappa shape index (κ3) is 3.68. The molecule has 0 spiro atoms. The molecule has 0 aliphatic heterocycles. The van der Waals surface area contributed by atoms with Crippen molar-refractivity contribution in [3.8, 4) is 33.4 Å². The first-order chi connectivity index (χ1) is 22.8. The second-order valence-electron chi connectivity index (χ2n) is 12.0. The number of hydrogen-bond donors (Lipinski definition) is 0. The lowest BCUT2D eigenvalue weighted by molar-refractivity contribution is 0.674. The minimum Gasteiger partial charge on any atom is -0.454 e. The van der Waals surface area contributed by atoms with Gasteiger partial charge in [-0.1, -0.05) is 140 Å². The van der Waals surface area contributed by atoms with Gasteiger partial charge in [-0.05, 0) is 66.5 Å². The molecule has 2 heteroatoms. The first-order valence-corrected chi connectivity index (χ1v) is 16.6. The van der Waals surface area contributed by atoms with E-state index in [2.05, 4.69) is 157 Å². The summed E-state index contributed by atoms with van der Waals surface area (Å²) in [5.74, 6) is 0. The fourth-order valence-corrected chi connectivity index (χ4v) is 8.52. The molecule has 0 atom stereocenters. The molecule has 0 radical (unpaired) electrons. The molecule has 0 N–H and O–H groups in total. The maximum absolute atomic E-state index is 6.97. The quantitative estimate of drug-likeness (QED) is 0.183. The van der Waals surface area contributed by atoms with Gasteiger partial charge in [0.25, 0.3) is 0 Å². The van der Waals surface area contributed by atoms with Crippen molar-refractivity contribution in [1.82, 2.24) is 0 Å². The molecule has 0 bridgehead atoms. The molecule has 0 saturated carbocycles. The van der Waals surface area contributed by atoms with Gasteiger partial charge in [0.05, 0.1) is 4.70 Å². The molecule has 2 aromatic heterocycles. The summed E-state index contributed by atoms with van der Waals surface area (Å²) in [6, 6.07) is 54.9. The largest absolute Gasteiger partial charge is 0.454 e. The summed E-state index contributed by atoms with van der Waals surface area (Å²) >= 11 is 1.77. The molecule has 214 valence electrons. The normalized spacial score (nSPS) is 11.9. The summed E-state index contributed by atoms with van der Waals surface area (Å²) in [5, 5.41) is 13.3. The Labute approximate surface area is 269 Å². The van der Waals surface area contributed by atoms with E-state index in [1.807, 2.05) is 0 Å². The second-order valence-corrected chi connectivity index (χ2v) is 12.9. The smallest absolute Gasteiger partial charge is 0.153 e. The summed E-state index contributed by atoms with van der Waals surface area (Å²) in [6.45, 7) is 0. The Hall–Kier alpha value is -5.70. The third-order valence-electron chi connectivity index (χ3n) is 9.53. The Kier molecular flexibility index (Phi) is 5.51. The number of rotatable bonds is 3. The monoisotopic (exact) mass is 602 g/mol. The van der Waals surface area contributed by atoms with Gasteiger partial charge in [0.2, 0.25) is 0 Å². The van der Waals surface area contributed by atoms with Gasteiger partial charge in [0.1, 0.15) is 5.58 Å². The molecule has 0 fully saturated rings. The Morgan fingerprint density at radius 1 is 0.370 bits per heavy atom. The molecule has 8 aromatic carbocycles. The fourth-order valence-electron chi connectivity index (χ4n) is 7.46. The van der Waals surface area contributed by atoms with Crippen LogP contribution in [-0.4, -0.2) is 0 Å². The van der Waals surface area contributed by atoms with E-state index in [0.29, 0.717) is 0 Å². The molecule has 10 rings (SSSR count). The Bertz CT molecular complexity index is 2740. The summed E-state index contributed by atoms with van der Waals surface area (Å²) in [5.41, 5.74) is 9.23. The van der Waals surface area contributed by atoms with Crippen molar-refractivity contribution >= 4 is 75.7 Å². The van der Waals surface area contributed by atoms with E-state index < -0.39 is 0 Å². The van der Waals surface area contributed by atoms with E-state index in [0.717, 1.165) is 27.5 Å². The zero-order valence-corrected chi connectivity index (χ0v) is 25.6. The van der Waals surface area contributed by atoms with Gasteiger partial charge in [0.15, 0.2) is 5.58 Å². The van der Waals surface area contributed by atoms with Gasteiger partial charge in [-0.3, -0.25) is 0 Å². The van der Waals surface area contributed by atoms with Crippen molar-refractivity contribution in [2.75, 3.05) is 0 Å². The summed E-state index contributed by atoms with van der Waals surface area (Å²) in [4.78, 5) is 0. The van der Waals surface area contributed by atoms with E-state index in [1.54, 1.807) is 11.3 Å². The Morgan fingerprint density at radius 3 is 1.74 bits per heavy atom. The minimum atomic E-state index is 0.938. The molecule has 1 nitrogen and oxygen atoms in total. The summed E-state index contributed by atoms with van der Waals surface area (Å²) < 4.78 is 8.17. The van der Waals surface area contributed by atoms with Crippen molar-refractivity contribution in [2.45, 2.75) is 0 Å². The van der Waals surface area contributed by atoms with Gasteiger partial charge >= 0.3 is 0 Å². The van der Waals surface area contributed by atoms with Gasteiger partial charge in [0, 0.05) is 32.8 Å². The van der Waals surface area contributed by atoms with E-state index >= 15 is 0 Å². The predicted molar refractivity (Wildman–Crippen MR) is 198 cm³/mol. The maximum atomic E-state index is 6.97. The van der Waals surface area contributed by atoms with Crippen LogP contribution in [0.3, 0.4) is 0 Å². The molecular weight excluding hydrogens is 577 g/mol. The lowest BCUT2D eigenvalue weighted by Crippen LogP contribution is -1.91. The SMILES string of the molecule is c1ccc(-c2csc3c2ccc2c4cccc(-c5c6ccccc6c(-c6ccc7ccccc7c6)c6ccccc56)c4oc23)cc1. The lowest BCUT2D eigenvalue weighted by atomic mass is 9.85. The van der Waals surface area contributed by atoms with Crippen molar-refractivity contribution in [3.63, 3.8) is 0 Å². The molecule has 0 amide bonds. The van der Waals surface area contributed by atoms with E-state index in [1.165, 1.54) is 70.2 Å². The number of benzene rings is 8. The van der Waals surface area contributed by atoms with Crippen molar-refractivity contribution in [1.29, 1.82) is 0 Å². The third-order valence-corrected chi connectivity index (χ3v) is 10.5. The molecular formula is C44H26OS. The van der Waals surface area contributed by atoms with Crippen molar-refractivity contribution in [2.24, 2.45) is 0 Å². The van der Waals surface area contributed by atoms with Gasteiger partial charge in [-0.25, -0.2) is 0 Å². The number of thiophene rings is 1. The predicted octanol–water partition coefficient (Wildman–Crippen LogP) is 13.3. The van der Waals surface area contributed by atoms with E-state index in [-0.39, 0.29) is 0 Å². The Balaban J connectivity index is 1.28. The van der Waals surface area contributed by atoms with Crippen LogP contribution in [0.2, 0.25) is 0 Å². The average molecular weight is 603 g/mol. The van der Waals surface area contributed by atoms with Gasteiger partial charge < -0.3 is 4.42 Å². The maximum Gasteiger partial charge on any atom is 0.153 e. The zero-order chi connectivity index (χ0) is 30.2. The molecule has 0 unspecified atom stereocenters. The number of para-hydroxylation sites is 1. The van der Waals surface area contributed by atoms with Crippen molar-refractivity contribution in [3.05, 3.63) is 157 Å². The van der Waals surface area contributed by atoms with Crippen LogP contribution in [0.5, 0.6) is 0 Å². The van der Waals surface area contributed by atoms with Gasteiger partial charge in [-0.2, -0.15) is 0 Å². The highest BCUT2D eigenvalue weighted by molar-refractivity contribution is 7.18. The highest BCUT2D eigenvalue weighted by atomic mass is 32.1. The van der Waals surface area contributed by atoms with Crippen LogP contribution in [0.4, 0.5) is 0 Å². The number of fused-ring (bicyclic) bond motifs is 8. The minimum absolute atomic E-state index is 0.938. The molecule has 46 heavy (non-hydrogen) atoms. The lowest BCUT2D eigenvalue weighted by Gasteiger charge is -2.18. The molecule has 2 heterocycles.